The lowest BCUT2D eigenvalue weighted by atomic mass is 10.2. The molecule has 0 radical (unpaired) electrons. The summed E-state index contributed by atoms with van der Waals surface area (Å²) in [7, 11) is -1.15. The van der Waals surface area contributed by atoms with Gasteiger partial charge in [-0.05, 0) is 35.2 Å². The Kier molecular flexibility index (Phi) is 5.07. The molecule has 0 heterocycles. The summed E-state index contributed by atoms with van der Waals surface area (Å²) in [6.45, 7) is 12.2. The molecule has 0 N–H and O–H groups in total. The fourth-order valence-corrected chi connectivity index (χ4v) is 4.64. The Balaban J connectivity index is 2.74. The Morgan fingerprint density at radius 3 is 1.88 bits per heavy atom. The molecule has 0 amide bonds. The second-order valence-electron chi connectivity index (χ2n) is 6.41. The van der Waals surface area contributed by atoms with E-state index in [1.54, 1.807) is 0 Å². The highest BCUT2D eigenvalue weighted by Crippen LogP contribution is 2.39. The minimum Gasteiger partial charge on any atom is -0.0690 e. The molecule has 0 bridgehead atoms. The lowest BCUT2D eigenvalue weighted by Gasteiger charge is -2.37. The van der Waals surface area contributed by atoms with Gasteiger partial charge in [0.1, 0.15) is 0 Å². The number of benzene rings is 1. The Labute approximate surface area is 123 Å². The van der Waals surface area contributed by atoms with Crippen molar-refractivity contribution in [3.8, 4) is 0 Å². The lowest BCUT2D eigenvalue weighted by Crippen LogP contribution is -2.37. The smallest absolute Gasteiger partial charge is 0.0530 e. The molecule has 0 fully saturated rings. The van der Waals surface area contributed by atoms with E-state index in [2.05, 4.69) is 83.9 Å². The van der Waals surface area contributed by atoms with Gasteiger partial charge in [-0.25, -0.2) is 0 Å². The van der Waals surface area contributed by atoms with Crippen LogP contribution in [0.1, 0.15) is 26.3 Å². The van der Waals surface area contributed by atoms with E-state index in [1.165, 1.54) is 18.0 Å². The van der Waals surface area contributed by atoms with Crippen LogP contribution in [-0.4, -0.2) is 8.07 Å². The van der Waals surface area contributed by atoms with Crippen LogP contribution in [0.15, 0.2) is 27.1 Å². The molecule has 1 aromatic carbocycles. The predicted octanol–water partition coefficient (Wildman–Crippen LogP) is 6.26. The summed E-state index contributed by atoms with van der Waals surface area (Å²) in [6.07, 6.45) is 1.19. The zero-order valence-corrected chi connectivity index (χ0v) is 15.6. The van der Waals surface area contributed by atoms with Crippen LogP contribution >= 0.6 is 31.9 Å². The summed E-state index contributed by atoms with van der Waals surface area (Å²) < 4.78 is 2.33. The molecule has 0 atom stereocenters. The van der Waals surface area contributed by atoms with Crippen molar-refractivity contribution in [1.82, 2.24) is 0 Å². The number of aryl methyl sites for hydroxylation is 1. The first-order valence-electron chi connectivity index (χ1n) is 6.07. The van der Waals surface area contributed by atoms with Crippen molar-refractivity contribution < 1.29 is 0 Å². The van der Waals surface area contributed by atoms with Crippen LogP contribution in [-0.2, 0) is 6.42 Å². The van der Waals surface area contributed by atoms with Gasteiger partial charge in [0.05, 0.1) is 8.07 Å². The van der Waals surface area contributed by atoms with Crippen LogP contribution in [0.4, 0.5) is 0 Å². The van der Waals surface area contributed by atoms with Crippen LogP contribution in [0.3, 0.4) is 0 Å². The second-order valence-corrected chi connectivity index (χ2v) is 14.0. The summed E-state index contributed by atoms with van der Waals surface area (Å²) in [6, 6.07) is 7.91. The molecule has 0 aromatic heterocycles. The van der Waals surface area contributed by atoms with Gasteiger partial charge in [-0.1, -0.05) is 71.8 Å². The van der Waals surface area contributed by atoms with Crippen molar-refractivity contribution in [2.75, 3.05) is 0 Å². The second kappa shape index (κ2) is 5.58. The van der Waals surface area contributed by atoms with Crippen LogP contribution in [0, 0.1) is 0 Å². The van der Waals surface area contributed by atoms with Crippen molar-refractivity contribution in [1.29, 1.82) is 0 Å². The zero-order valence-electron chi connectivity index (χ0n) is 11.4. The third-order valence-corrected chi connectivity index (χ3v) is 10.5. The van der Waals surface area contributed by atoms with E-state index < -0.39 is 8.07 Å². The highest BCUT2D eigenvalue weighted by atomic mass is 79.9. The average molecular weight is 378 g/mol. The molecule has 0 nitrogen and oxygen atoms in total. The topological polar surface area (TPSA) is 0 Å². The molecule has 3 heteroatoms. The first kappa shape index (κ1) is 15.5. The quantitative estimate of drug-likeness (QED) is 0.545. The summed E-state index contributed by atoms with van der Waals surface area (Å²) in [5.74, 6) is 0. The number of rotatable bonds is 3. The fourth-order valence-electron chi connectivity index (χ4n) is 1.59. The van der Waals surface area contributed by atoms with E-state index in [-0.39, 0.29) is 0 Å². The van der Waals surface area contributed by atoms with E-state index in [1.807, 2.05) is 0 Å². The van der Waals surface area contributed by atoms with Gasteiger partial charge in [0.2, 0.25) is 0 Å². The van der Waals surface area contributed by atoms with Crippen molar-refractivity contribution in [3.63, 3.8) is 0 Å². The van der Waals surface area contributed by atoms with Gasteiger partial charge in [0, 0.05) is 8.95 Å². The van der Waals surface area contributed by atoms with Crippen molar-refractivity contribution >= 4 is 39.9 Å². The van der Waals surface area contributed by atoms with Crippen LogP contribution in [0.5, 0.6) is 0 Å². The van der Waals surface area contributed by atoms with Crippen LogP contribution < -0.4 is 0 Å². The van der Waals surface area contributed by atoms with Gasteiger partial charge in [-0.3, -0.25) is 0 Å². The van der Waals surface area contributed by atoms with Gasteiger partial charge >= 0.3 is 0 Å². The number of hydrogen-bond donors (Lipinski definition) is 0. The van der Waals surface area contributed by atoms with Gasteiger partial charge in [0.15, 0.2) is 0 Å². The van der Waals surface area contributed by atoms with Crippen molar-refractivity contribution in [2.45, 2.75) is 51.4 Å². The van der Waals surface area contributed by atoms with E-state index in [0.717, 1.165) is 8.95 Å². The fraction of sp³-hybridized carbons (Fsp3) is 0.571. The molecule has 0 saturated carbocycles. The normalized spacial score (nSPS) is 12.9. The summed E-state index contributed by atoms with van der Waals surface area (Å²) >= 11 is 7.11. The molecule has 0 aliphatic carbocycles. The minimum absolute atomic E-state index is 0.482. The van der Waals surface area contributed by atoms with Crippen molar-refractivity contribution in [3.05, 3.63) is 32.7 Å². The molecule has 0 spiro atoms. The molecule has 96 valence electrons. The molecule has 0 unspecified atom stereocenters. The summed E-state index contributed by atoms with van der Waals surface area (Å²) in [5, 5.41) is 0.482. The van der Waals surface area contributed by atoms with Crippen molar-refractivity contribution in [2.24, 2.45) is 0 Å². The highest BCUT2D eigenvalue weighted by Gasteiger charge is 2.34. The minimum atomic E-state index is -1.15. The molecule has 17 heavy (non-hydrogen) atoms. The Hall–Kier alpha value is 0.397. The average Bonchev–Trinajstić information content (AvgIpc) is 2.11. The molecular weight excluding hydrogens is 356 g/mol. The van der Waals surface area contributed by atoms with Gasteiger partial charge < -0.3 is 0 Å². The third kappa shape index (κ3) is 4.53. The van der Waals surface area contributed by atoms with Crippen LogP contribution in [0.25, 0.3) is 0 Å². The van der Waals surface area contributed by atoms with Gasteiger partial charge in [-0.15, -0.1) is 0 Å². The molecule has 0 saturated heterocycles. The van der Waals surface area contributed by atoms with Crippen LogP contribution in [0.2, 0.25) is 24.2 Å². The summed E-state index contributed by atoms with van der Waals surface area (Å²) in [5.41, 5.74) is 1.43. The maximum Gasteiger partial charge on any atom is 0.0530 e. The monoisotopic (exact) mass is 376 g/mol. The standard InChI is InChI=1S/C14H22Br2Si/c1-14(2,3)17(4,5)7-6-11-8-12(15)10-13(16)9-11/h8-10H,6-7H2,1-5H3. The van der Waals surface area contributed by atoms with E-state index >= 15 is 0 Å². The van der Waals surface area contributed by atoms with E-state index in [0.29, 0.717) is 5.04 Å². The Morgan fingerprint density at radius 1 is 1.00 bits per heavy atom. The SMILES string of the molecule is CC(C)(C)[Si](C)(C)CCc1cc(Br)cc(Br)c1. The predicted molar refractivity (Wildman–Crippen MR) is 87.6 cm³/mol. The molecule has 1 rings (SSSR count). The number of hydrogen-bond acceptors (Lipinski definition) is 0. The Bertz CT molecular complexity index is 371. The van der Waals surface area contributed by atoms with Gasteiger partial charge in [-0.2, -0.15) is 0 Å². The molecule has 0 aliphatic heterocycles. The third-order valence-electron chi connectivity index (χ3n) is 3.99. The first-order valence-corrected chi connectivity index (χ1v) is 10.9. The van der Waals surface area contributed by atoms with E-state index in [9.17, 15) is 0 Å². The molecule has 1 aromatic rings. The first-order chi connectivity index (χ1) is 7.62. The molecule has 0 aliphatic rings. The largest absolute Gasteiger partial charge is 0.0690 e. The summed E-state index contributed by atoms with van der Waals surface area (Å²) in [4.78, 5) is 0. The highest BCUT2D eigenvalue weighted by molar-refractivity contribution is 9.11. The maximum absolute atomic E-state index is 3.55. The van der Waals surface area contributed by atoms with E-state index in [4.69, 9.17) is 0 Å². The zero-order chi connectivity index (χ0) is 13.3. The number of halogens is 2. The van der Waals surface area contributed by atoms with Gasteiger partial charge in [0.25, 0.3) is 0 Å². The maximum atomic E-state index is 3.55. The molecular formula is C14H22Br2Si. The lowest BCUT2D eigenvalue weighted by molar-refractivity contribution is 0.711. The Morgan fingerprint density at radius 2 is 1.47 bits per heavy atom.